The number of hydrogen-bond acceptors (Lipinski definition) is 3. The molecule has 0 fully saturated rings. The van der Waals surface area contributed by atoms with Gasteiger partial charge in [-0.1, -0.05) is 34.8 Å². The summed E-state index contributed by atoms with van der Waals surface area (Å²) in [5.41, 5.74) is 8.27. The SMILES string of the molecule is Cc1nc2c(OCc3c(Cl)cc(Cl)c(N)c3Cl)cccn2c1Br. The number of ether oxygens (including phenoxy) is 1. The van der Waals surface area contributed by atoms with Crippen LogP contribution in [0.3, 0.4) is 0 Å². The number of imidazole rings is 1. The average Bonchev–Trinajstić information content (AvgIpc) is 2.81. The van der Waals surface area contributed by atoms with Gasteiger partial charge in [-0.15, -0.1) is 0 Å². The second kappa shape index (κ2) is 6.40. The van der Waals surface area contributed by atoms with E-state index in [0.717, 1.165) is 10.3 Å². The summed E-state index contributed by atoms with van der Waals surface area (Å²) in [6.07, 6.45) is 1.90. The number of aromatic nitrogens is 2. The number of nitrogens with two attached hydrogens (primary N) is 1. The third kappa shape index (κ3) is 2.98. The molecule has 23 heavy (non-hydrogen) atoms. The molecule has 0 saturated carbocycles. The first-order valence-electron chi connectivity index (χ1n) is 6.58. The molecule has 0 aliphatic heterocycles. The van der Waals surface area contributed by atoms with Gasteiger partial charge >= 0.3 is 0 Å². The number of pyridine rings is 1. The summed E-state index contributed by atoms with van der Waals surface area (Å²) >= 11 is 21.8. The Morgan fingerprint density at radius 2 is 2.04 bits per heavy atom. The lowest BCUT2D eigenvalue weighted by molar-refractivity contribution is 0.308. The van der Waals surface area contributed by atoms with Crippen molar-refractivity contribution < 1.29 is 4.74 Å². The number of halogens is 4. The smallest absolute Gasteiger partial charge is 0.180 e. The fourth-order valence-corrected chi connectivity index (χ4v) is 3.42. The van der Waals surface area contributed by atoms with Crippen LogP contribution in [0.2, 0.25) is 15.1 Å². The lowest BCUT2D eigenvalue weighted by Crippen LogP contribution is -2.02. The zero-order valence-corrected chi connectivity index (χ0v) is 15.8. The maximum atomic E-state index is 6.22. The molecule has 2 heterocycles. The first kappa shape index (κ1) is 16.7. The van der Waals surface area contributed by atoms with Gasteiger partial charge in [-0.3, -0.25) is 4.40 Å². The molecular formula is C15H11BrCl3N3O. The monoisotopic (exact) mass is 433 g/mol. The number of rotatable bonds is 3. The summed E-state index contributed by atoms with van der Waals surface area (Å²) < 4.78 is 8.63. The highest BCUT2D eigenvalue weighted by Crippen LogP contribution is 2.37. The minimum atomic E-state index is 0.155. The third-order valence-corrected chi connectivity index (χ3v) is 5.42. The lowest BCUT2D eigenvalue weighted by atomic mass is 10.2. The second-order valence-electron chi connectivity index (χ2n) is 4.89. The van der Waals surface area contributed by atoms with Crippen molar-refractivity contribution in [2.45, 2.75) is 13.5 Å². The molecule has 3 aromatic rings. The highest BCUT2D eigenvalue weighted by molar-refractivity contribution is 9.10. The van der Waals surface area contributed by atoms with E-state index in [1.807, 2.05) is 29.7 Å². The van der Waals surface area contributed by atoms with Gasteiger partial charge < -0.3 is 10.5 Å². The van der Waals surface area contributed by atoms with Crippen molar-refractivity contribution in [3.63, 3.8) is 0 Å². The van der Waals surface area contributed by atoms with E-state index < -0.39 is 0 Å². The molecule has 8 heteroatoms. The van der Waals surface area contributed by atoms with E-state index in [4.69, 9.17) is 45.3 Å². The van der Waals surface area contributed by atoms with Gasteiger partial charge in [0.2, 0.25) is 0 Å². The molecule has 2 aromatic heterocycles. The molecule has 2 N–H and O–H groups in total. The molecule has 0 unspecified atom stereocenters. The summed E-state index contributed by atoms with van der Waals surface area (Å²) in [4.78, 5) is 4.48. The first-order chi connectivity index (χ1) is 10.9. The lowest BCUT2D eigenvalue weighted by Gasteiger charge is -2.12. The summed E-state index contributed by atoms with van der Waals surface area (Å²) in [6.45, 7) is 2.07. The molecule has 4 nitrogen and oxygen atoms in total. The van der Waals surface area contributed by atoms with Crippen LogP contribution >= 0.6 is 50.7 Å². The van der Waals surface area contributed by atoms with Gasteiger partial charge in [-0.2, -0.15) is 0 Å². The summed E-state index contributed by atoms with van der Waals surface area (Å²) in [6, 6.07) is 5.25. The highest BCUT2D eigenvalue weighted by atomic mass is 79.9. The van der Waals surface area contributed by atoms with E-state index in [-0.39, 0.29) is 12.3 Å². The van der Waals surface area contributed by atoms with Crippen LogP contribution in [-0.2, 0) is 6.61 Å². The number of nitrogens with zero attached hydrogens (tertiary/aromatic N) is 2. The minimum absolute atomic E-state index is 0.155. The van der Waals surface area contributed by atoms with Crippen LogP contribution in [-0.4, -0.2) is 9.38 Å². The molecule has 120 valence electrons. The van der Waals surface area contributed by atoms with E-state index in [1.54, 1.807) is 6.07 Å². The quantitative estimate of drug-likeness (QED) is 0.551. The Kier molecular flexibility index (Phi) is 4.65. The molecule has 1 aromatic carbocycles. The van der Waals surface area contributed by atoms with E-state index in [9.17, 15) is 0 Å². The molecular weight excluding hydrogens is 424 g/mol. The first-order valence-corrected chi connectivity index (χ1v) is 8.50. The van der Waals surface area contributed by atoms with E-state index in [2.05, 4.69) is 20.9 Å². The van der Waals surface area contributed by atoms with Crippen LogP contribution in [0.5, 0.6) is 5.75 Å². The molecule has 0 saturated heterocycles. The highest BCUT2D eigenvalue weighted by Gasteiger charge is 2.15. The predicted octanol–water partition coefficient (Wildman–Crippen LogP) is 5.53. The Morgan fingerprint density at radius 1 is 1.30 bits per heavy atom. The van der Waals surface area contributed by atoms with Crippen LogP contribution in [0.15, 0.2) is 29.0 Å². The van der Waals surface area contributed by atoms with Gasteiger partial charge in [-0.05, 0) is 41.1 Å². The van der Waals surface area contributed by atoms with Crippen molar-refractivity contribution in [2.75, 3.05) is 5.73 Å². The molecule has 0 atom stereocenters. The fourth-order valence-electron chi connectivity index (χ4n) is 2.17. The van der Waals surface area contributed by atoms with Gasteiger partial charge in [-0.25, -0.2) is 4.98 Å². The minimum Gasteiger partial charge on any atom is -0.485 e. The Balaban J connectivity index is 1.96. The Bertz CT molecular complexity index is 911. The standard InChI is InChI=1S/C15H11BrCl3N3O/c1-7-14(16)22-4-2-3-11(15(22)21-7)23-6-8-9(17)5-10(18)13(20)12(8)19/h2-5H,6,20H2,1H3. The van der Waals surface area contributed by atoms with E-state index in [0.29, 0.717) is 32.0 Å². The molecule has 3 rings (SSSR count). The Morgan fingerprint density at radius 3 is 2.78 bits per heavy atom. The van der Waals surface area contributed by atoms with Crippen LogP contribution < -0.4 is 10.5 Å². The van der Waals surface area contributed by atoms with Crippen molar-refractivity contribution >= 4 is 62.1 Å². The van der Waals surface area contributed by atoms with E-state index >= 15 is 0 Å². The topological polar surface area (TPSA) is 52.5 Å². The van der Waals surface area contributed by atoms with Crippen molar-refractivity contribution in [3.8, 4) is 5.75 Å². The molecule has 0 radical (unpaired) electrons. The van der Waals surface area contributed by atoms with Gasteiger partial charge in [0.1, 0.15) is 11.2 Å². The zero-order valence-electron chi connectivity index (χ0n) is 11.9. The number of anilines is 1. The molecule has 0 bridgehead atoms. The van der Waals surface area contributed by atoms with Crippen molar-refractivity contribution in [1.29, 1.82) is 0 Å². The predicted molar refractivity (Wildman–Crippen MR) is 97.8 cm³/mol. The largest absolute Gasteiger partial charge is 0.485 e. The summed E-state index contributed by atoms with van der Waals surface area (Å²) in [5, 5.41) is 1.02. The fraction of sp³-hybridized carbons (Fsp3) is 0.133. The molecule has 0 aliphatic carbocycles. The van der Waals surface area contributed by atoms with Gasteiger partial charge in [0.15, 0.2) is 11.4 Å². The zero-order chi connectivity index (χ0) is 16.7. The van der Waals surface area contributed by atoms with Gasteiger partial charge in [0.05, 0.1) is 26.4 Å². The molecule has 0 amide bonds. The molecule has 0 spiro atoms. The Labute approximate surface area is 156 Å². The number of nitrogen functional groups attached to an aromatic ring is 1. The maximum Gasteiger partial charge on any atom is 0.180 e. The average molecular weight is 436 g/mol. The number of hydrogen-bond donors (Lipinski definition) is 1. The van der Waals surface area contributed by atoms with Crippen LogP contribution in [0.4, 0.5) is 5.69 Å². The number of fused-ring (bicyclic) bond motifs is 1. The van der Waals surface area contributed by atoms with Crippen molar-refractivity contribution in [2.24, 2.45) is 0 Å². The molecule has 0 aliphatic rings. The van der Waals surface area contributed by atoms with Crippen LogP contribution in [0.1, 0.15) is 11.3 Å². The normalized spacial score (nSPS) is 11.2. The van der Waals surface area contributed by atoms with E-state index in [1.165, 1.54) is 0 Å². The second-order valence-corrected chi connectivity index (χ2v) is 6.83. The summed E-state index contributed by atoms with van der Waals surface area (Å²) in [5.74, 6) is 0.613. The van der Waals surface area contributed by atoms with Crippen molar-refractivity contribution in [1.82, 2.24) is 9.38 Å². The van der Waals surface area contributed by atoms with Gasteiger partial charge in [0.25, 0.3) is 0 Å². The number of aryl methyl sites for hydroxylation is 1. The summed E-state index contributed by atoms with van der Waals surface area (Å²) in [7, 11) is 0. The maximum absolute atomic E-state index is 6.22. The van der Waals surface area contributed by atoms with Crippen LogP contribution in [0, 0.1) is 6.92 Å². The number of benzene rings is 1. The Hall–Kier alpha value is -1.14. The third-order valence-electron chi connectivity index (χ3n) is 3.39. The van der Waals surface area contributed by atoms with Gasteiger partial charge in [0, 0.05) is 11.8 Å². The van der Waals surface area contributed by atoms with Crippen LogP contribution in [0.25, 0.3) is 5.65 Å². The van der Waals surface area contributed by atoms with Crippen molar-refractivity contribution in [3.05, 3.63) is 55.3 Å².